The highest BCUT2D eigenvalue weighted by atomic mass is 32.2. The highest BCUT2D eigenvalue weighted by Gasteiger charge is 1.98. The van der Waals surface area contributed by atoms with Crippen molar-refractivity contribution in [1.82, 2.24) is 0 Å². The fraction of sp³-hybridized carbons (Fsp3) is 0.500. The van der Waals surface area contributed by atoms with Crippen molar-refractivity contribution in [2.75, 3.05) is 0 Å². The molecule has 0 aliphatic carbocycles. The zero-order valence-electron chi connectivity index (χ0n) is 12.1. The Bertz CT molecular complexity index is 518. The number of unbranched alkanes of at least 4 members (excludes halogenated alkanes) is 3. The molecule has 20 heavy (non-hydrogen) atoms. The molecule has 1 aromatic rings. The van der Waals surface area contributed by atoms with Gasteiger partial charge in [-0.1, -0.05) is 50.1 Å². The minimum absolute atomic E-state index is 0.653. The fourth-order valence-electron chi connectivity index (χ4n) is 2.13. The van der Waals surface area contributed by atoms with Crippen LogP contribution in [0.3, 0.4) is 0 Å². The van der Waals surface area contributed by atoms with E-state index in [1.165, 1.54) is 36.5 Å². The van der Waals surface area contributed by atoms with Crippen molar-refractivity contribution in [3.63, 3.8) is 0 Å². The molecule has 0 aliphatic rings. The van der Waals surface area contributed by atoms with E-state index in [0.29, 0.717) is 6.42 Å². The van der Waals surface area contributed by atoms with Crippen molar-refractivity contribution < 1.29 is 13.0 Å². The highest BCUT2D eigenvalue weighted by Crippen LogP contribution is 2.12. The second kappa shape index (κ2) is 8.93. The molecule has 0 aliphatic heterocycles. The van der Waals surface area contributed by atoms with Gasteiger partial charge in [0.05, 0.1) is 5.41 Å². The number of allylic oxidation sites excluding steroid dienone is 1. The quantitative estimate of drug-likeness (QED) is 0.550. The summed E-state index contributed by atoms with van der Waals surface area (Å²) in [5.41, 5.74) is 2.67. The maximum Gasteiger partial charge on any atom is 0.287 e. The molecule has 0 bridgehead atoms. The Balaban J connectivity index is 2.37. The van der Waals surface area contributed by atoms with Crippen LogP contribution in [-0.4, -0.2) is 13.0 Å². The Labute approximate surface area is 122 Å². The predicted octanol–water partition coefficient (Wildman–Crippen LogP) is 4.14. The molecule has 4 heteroatoms. The van der Waals surface area contributed by atoms with Gasteiger partial charge < -0.3 is 0 Å². The molecule has 0 saturated heterocycles. The predicted molar refractivity (Wildman–Crippen MR) is 83.3 cm³/mol. The lowest BCUT2D eigenvalue weighted by atomic mass is 10.0. The van der Waals surface area contributed by atoms with Crippen molar-refractivity contribution in [3.8, 4) is 0 Å². The Morgan fingerprint density at radius 1 is 1.10 bits per heavy atom. The third-order valence-corrected chi connectivity index (χ3v) is 3.70. The lowest BCUT2D eigenvalue weighted by Crippen LogP contribution is -1.91. The van der Waals surface area contributed by atoms with Gasteiger partial charge in [0.1, 0.15) is 0 Å². The van der Waals surface area contributed by atoms with Crippen molar-refractivity contribution in [2.45, 2.75) is 51.9 Å². The smallest absolute Gasteiger partial charge is 0.282 e. The average molecular weight is 296 g/mol. The van der Waals surface area contributed by atoms with Crippen LogP contribution in [0.2, 0.25) is 0 Å². The molecule has 0 amide bonds. The highest BCUT2D eigenvalue weighted by molar-refractivity contribution is 7.88. The number of aryl methyl sites for hydroxylation is 2. The van der Waals surface area contributed by atoms with E-state index >= 15 is 0 Å². The summed E-state index contributed by atoms with van der Waals surface area (Å²) >= 11 is 0. The molecule has 3 nitrogen and oxygen atoms in total. The van der Waals surface area contributed by atoms with Gasteiger partial charge in [0.15, 0.2) is 0 Å². The van der Waals surface area contributed by atoms with Gasteiger partial charge in [-0.15, -0.1) is 0 Å². The van der Waals surface area contributed by atoms with Crippen LogP contribution in [0, 0.1) is 0 Å². The first-order valence-electron chi connectivity index (χ1n) is 7.23. The molecule has 0 radical (unpaired) electrons. The van der Waals surface area contributed by atoms with E-state index in [1.807, 2.05) is 0 Å². The Morgan fingerprint density at radius 3 is 2.35 bits per heavy atom. The van der Waals surface area contributed by atoms with E-state index in [1.54, 1.807) is 0 Å². The van der Waals surface area contributed by atoms with Crippen LogP contribution in [0.5, 0.6) is 0 Å². The van der Waals surface area contributed by atoms with E-state index in [-0.39, 0.29) is 0 Å². The van der Waals surface area contributed by atoms with Crippen molar-refractivity contribution in [1.29, 1.82) is 0 Å². The molecular weight excluding hydrogens is 272 g/mol. The standard InChI is InChI=1S/C16H24O3S/c1-2-3-5-9-15-11-8-12-16(14-15)10-6-4-7-13-20(17,18)19/h7-8,11-14H,2-6,9-10H2,1H3,(H,17,18,19). The van der Waals surface area contributed by atoms with E-state index in [0.717, 1.165) is 24.7 Å². The largest absolute Gasteiger partial charge is 0.287 e. The third-order valence-electron chi connectivity index (χ3n) is 3.16. The van der Waals surface area contributed by atoms with E-state index < -0.39 is 10.1 Å². The van der Waals surface area contributed by atoms with Crippen LogP contribution in [0.4, 0.5) is 0 Å². The third kappa shape index (κ3) is 8.12. The van der Waals surface area contributed by atoms with Crippen LogP contribution in [0.1, 0.15) is 50.2 Å². The molecule has 0 fully saturated rings. The second-order valence-corrected chi connectivity index (χ2v) is 6.36. The first-order chi connectivity index (χ1) is 9.51. The Morgan fingerprint density at radius 2 is 1.75 bits per heavy atom. The molecule has 112 valence electrons. The zero-order chi connectivity index (χ0) is 14.8. The normalized spacial score (nSPS) is 12.1. The lowest BCUT2D eigenvalue weighted by molar-refractivity contribution is 0.494. The number of hydrogen-bond donors (Lipinski definition) is 1. The summed E-state index contributed by atoms with van der Waals surface area (Å²) in [6.45, 7) is 2.20. The summed E-state index contributed by atoms with van der Waals surface area (Å²) in [5, 5.41) is 0.855. The van der Waals surface area contributed by atoms with Gasteiger partial charge in [0, 0.05) is 0 Å². The summed E-state index contributed by atoms with van der Waals surface area (Å²) in [6, 6.07) is 8.60. The second-order valence-electron chi connectivity index (χ2n) is 5.06. The zero-order valence-corrected chi connectivity index (χ0v) is 12.9. The number of benzene rings is 1. The first-order valence-corrected chi connectivity index (χ1v) is 8.73. The molecule has 0 unspecified atom stereocenters. The van der Waals surface area contributed by atoms with Crippen molar-refractivity contribution in [2.24, 2.45) is 0 Å². The van der Waals surface area contributed by atoms with Crippen LogP contribution in [0.15, 0.2) is 35.7 Å². The molecule has 0 heterocycles. The van der Waals surface area contributed by atoms with Gasteiger partial charge >= 0.3 is 0 Å². The van der Waals surface area contributed by atoms with Gasteiger partial charge in [-0.05, 0) is 43.2 Å². The maximum atomic E-state index is 10.5. The number of rotatable bonds is 9. The van der Waals surface area contributed by atoms with Gasteiger partial charge in [-0.2, -0.15) is 8.42 Å². The minimum Gasteiger partial charge on any atom is -0.282 e. The van der Waals surface area contributed by atoms with Crippen molar-refractivity contribution >= 4 is 10.1 Å². The van der Waals surface area contributed by atoms with Gasteiger partial charge in [-0.3, -0.25) is 4.55 Å². The maximum absolute atomic E-state index is 10.5. The Hall–Kier alpha value is -1.13. The molecule has 1 N–H and O–H groups in total. The van der Waals surface area contributed by atoms with Crippen molar-refractivity contribution in [3.05, 3.63) is 46.9 Å². The summed E-state index contributed by atoms with van der Waals surface area (Å²) in [5.74, 6) is 0. The summed E-state index contributed by atoms with van der Waals surface area (Å²) in [4.78, 5) is 0. The molecule has 0 atom stereocenters. The molecule has 0 aromatic heterocycles. The van der Waals surface area contributed by atoms with Crippen LogP contribution in [0.25, 0.3) is 0 Å². The van der Waals surface area contributed by atoms with E-state index in [2.05, 4.69) is 31.2 Å². The van der Waals surface area contributed by atoms with Gasteiger partial charge in [0.25, 0.3) is 10.1 Å². The summed E-state index contributed by atoms with van der Waals surface area (Å²) < 4.78 is 29.6. The van der Waals surface area contributed by atoms with Gasteiger partial charge in [0.2, 0.25) is 0 Å². The van der Waals surface area contributed by atoms with Gasteiger partial charge in [-0.25, -0.2) is 0 Å². The van der Waals surface area contributed by atoms with E-state index in [9.17, 15) is 8.42 Å². The molecule has 0 spiro atoms. The molecule has 0 saturated carbocycles. The lowest BCUT2D eigenvalue weighted by Gasteiger charge is -2.04. The monoisotopic (exact) mass is 296 g/mol. The summed E-state index contributed by atoms with van der Waals surface area (Å²) in [6.07, 6.45) is 8.83. The number of hydrogen-bond acceptors (Lipinski definition) is 2. The first kappa shape index (κ1) is 16.9. The average Bonchev–Trinajstić information content (AvgIpc) is 2.38. The molecule has 1 aromatic carbocycles. The SMILES string of the molecule is CCCCCc1cccc(CCCC=CS(=O)(=O)O)c1. The molecular formula is C16H24O3S. The molecule has 1 rings (SSSR count). The van der Waals surface area contributed by atoms with Crippen LogP contribution >= 0.6 is 0 Å². The Kier molecular flexibility index (Phi) is 7.55. The van der Waals surface area contributed by atoms with Crippen LogP contribution in [-0.2, 0) is 23.0 Å². The van der Waals surface area contributed by atoms with E-state index in [4.69, 9.17) is 4.55 Å². The fourth-order valence-corrected chi connectivity index (χ4v) is 2.51. The van der Waals surface area contributed by atoms with Crippen LogP contribution < -0.4 is 0 Å². The minimum atomic E-state index is -3.97. The summed E-state index contributed by atoms with van der Waals surface area (Å²) in [7, 11) is -3.97. The topological polar surface area (TPSA) is 54.4 Å².